The molecular formula is C11H21N3O. The van der Waals surface area contributed by atoms with Crippen LogP contribution in [0.5, 0.6) is 0 Å². The summed E-state index contributed by atoms with van der Waals surface area (Å²) < 4.78 is 0. The lowest BCUT2D eigenvalue weighted by molar-refractivity contribution is -0.137. The lowest BCUT2D eigenvalue weighted by Gasteiger charge is -2.40. The third kappa shape index (κ3) is 2.49. The van der Waals surface area contributed by atoms with Crippen molar-refractivity contribution in [2.45, 2.75) is 25.8 Å². The van der Waals surface area contributed by atoms with Gasteiger partial charge in [-0.3, -0.25) is 9.69 Å². The Morgan fingerprint density at radius 2 is 2.07 bits per heavy atom. The van der Waals surface area contributed by atoms with E-state index in [-0.39, 0.29) is 0 Å². The first-order valence-electron chi connectivity index (χ1n) is 6.04. The van der Waals surface area contributed by atoms with E-state index in [0.29, 0.717) is 18.5 Å². The Morgan fingerprint density at radius 1 is 1.33 bits per heavy atom. The van der Waals surface area contributed by atoms with E-state index in [2.05, 4.69) is 17.1 Å². The van der Waals surface area contributed by atoms with E-state index >= 15 is 0 Å². The Hall–Kier alpha value is -0.610. The van der Waals surface area contributed by atoms with Gasteiger partial charge in [-0.05, 0) is 32.9 Å². The summed E-state index contributed by atoms with van der Waals surface area (Å²) in [5, 5.41) is 3.36. The SMILES string of the molecule is CCN1CCN(C2CCNCC2)CC1=O. The highest BCUT2D eigenvalue weighted by molar-refractivity contribution is 5.79. The van der Waals surface area contributed by atoms with Gasteiger partial charge in [-0.1, -0.05) is 0 Å². The second kappa shape index (κ2) is 4.94. The molecule has 0 saturated carbocycles. The lowest BCUT2D eigenvalue weighted by Crippen LogP contribution is -2.55. The molecule has 0 aromatic heterocycles. The summed E-state index contributed by atoms with van der Waals surface area (Å²) in [5.74, 6) is 0.308. The predicted molar refractivity (Wildman–Crippen MR) is 59.7 cm³/mol. The fraction of sp³-hybridized carbons (Fsp3) is 0.909. The number of nitrogens with zero attached hydrogens (tertiary/aromatic N) is 2. The van der Waals surface area contributed by atoms with E-state index in [4.69, 9.17) is 0 Å². The molecule has 0 aliphatic carbocycles. The molecule has 0 radical (unpaired) electrons. The van der Waals surface area contributed by atoms with E-state index < -0.39 is 0 Å². The minimum Gasteiger partial charge on any atom is -0.341 e. The number of hydrogen-bond acceptors (Lipinski definition) is 3. The van der Waals surface area contributed by atoms with Crippen molar-refractivity contribution in [3.63, 3.8) is 0 Å². The summed E-state index contributed by atoms with van der Waals surface area (Å²) in [7, 11) is 0. The number of rotatable bonds is 2. The molecule has 1 N–H and O–H groups in total. The molecule has 2 heterocycles. The van der Waals surface area contributed by atoms with Crippen molar-refractivity contribution in [3.05, 3.63) is 0 Å². The van der Waals surface area contributed by atoms with E-state index in [1.165, 1.54) is 12.8 Å². The zero-order valence-corrected chi connectivity index (χ0v) is 9.54. The number of piperazine rings is 1. The average molecular weight is 211 g/mol. The van der Waals surface area contributed by atoms with E-state index in [1.807, 2.05) is 4.90 Å². The minimum absolute atomic E-state index is 0.308. The molecule has 2 rings (SSSR count). The van der Waals surface area contributed by atoms with Crippen LogP contribution in [0.25, 0.3) is 0 Å². The Kier molecular flexibility index (Phi) is 3.59. The predicted octanol–water partition coefficient (Wildman–Crippen LogP) is -0.0975. The van der Waals surface area contributed by atoms with Gasteiger partial charge in [-0.15, -0.1) is 0 Å². The van der Waals surface area contributed by atoms with Crippen molar-refractivity contribution in [1.82, 2.24) is 15.1 Å². The quantitative estimate of drug-likeness (QED) is 0.693. The highest BCUT2D eigenvalue weighted by Gasteiger charge is 2.28. The van der Waals surface area contributed by atoms with Gasteiger partial charge in [-0.25, -0.2) is 0 Å². The number of nitrogens with one attached hydrogen (secondary N) is 1. The monoisotopic (exact) mass is 211 g/mol. The van der Waals surface area contributed by atoms with Crippen molar-refractivity contribution >= 4 is 5.91 Å². The second-order valence-corrected chi connectivity index (χ2v) is 4.43. The maximum Gasteiger partial charge on any atom is 0.236 e. The standard InChI is InChI=1S/C11H21N3O/c1-2-13-7-8-14(9-11(13)15)10-3-5-12-6-4-10/h10,12H,2-9H2,1H3. The van der Waals surface area contributed by atoms with Crippen molar-refractivity contribution in [1.29, 1.82) is 0 Å². The van der Waals surface area contributed by atoms with Crippen molar-refractivity contribution < 1.29 is 4.79 Å². The van der Waals surface area contributed by atoms with Gasteiger partial charge in [0.1, 0.15) is 0 Å². The van der Waals surface area contributed by atoms with Gasteiger partial charge in [0, 0.05) is 25.7 Å². The van der Waals surface area contributed by atoms with Gasteiger partial charge in [0.05, 0.1) is 6.54 Å². The maximum absolute atomic E-state index is 11.7. The molecule has 0 aromatic carbocycles. The first-order valence-corrected chi connectivity index (χ1v) is 6.04. The number of carbonyl (C=O) groups is 1. The highest BCUT2D eigenvalue weighted by Crippen LogP contribution is 2.14. The fourth-order valence-electron chi connectivity index (χ4n) is 2.54. The molecule has 2 aliphatic rings. The van der Waals surface area contributed by atoms with Crippen molar-refractivity contribution in [3.8, 4) is 0 Å². The van der Waals surface area contributed by atoms with Gasteiger partial charge in [0.15, 0.2) is 0 Å². The molecule has 2 aliphatic heterocycles. The molecule has 15 heavy (non-hydrogen) atoms. The Morgan fingerprint density at radius 3 is 2.67 bits per heavy atom. The van der Waals surface area contributed by atoms with E-state index in [1.54, 1.807) is 0 Å². The molecule has 1 amide bonds. The molecular weight excluding hydrogens is 190 g/mol. The molecule has 86 valence electrons. The van der Waals surface area contributed by atoms with Crippen LogP contribution in [0.15, 0.2) is 0 Å². The summed E-state index contributed by atoms with van der Waals surface area (Å²) in [4.78, 5) is 16.1. The summed E-state index contributed by atoms with van der Waals surface area (Å²) in [6.45, 7) is 7.73. The van der Waals surface area contributed by atoms with Gasteiger partial charge in [-0.2, -0.15) is 0 Å². The van der Waals surface area contributed by atoms with Gasteiger partial charge in [0.2, 0.25) is 5.91 Å². The zero-order chi connectivity index (χ0) is 10.7. The summed E-state index contributed by atoms with van der Waals surface area (Å²) in [6.07, 6.45) is 2.39. The van der Waals surface area contributed by atoms with E-state index in [9.17, 15) is 4.79 Å². The molecule has 0 unspecified atom stereocenters. The van der Waals surface area contributed by atoms with Gasteiger partial charge in [0.25, 0.3) is 0 Å². The lowest BCUT2D eigenvalue weighted by atomic mass is 10.0. The zero-order valence-electron chi connectivity index (χ0n) is 9.54. The van der Waals surface area contributed by atoms with Crippen LogP contribution in [0.2, 0.25) is 0 Å². The average Bonchev–Trinajstić information content (AvgIpc) is 2.30. The molecule has 4 heteroatoms. The minimum atomic E-state index is 0.308. The summed E-state index contributed by atoms with van der Waals surface area (Å²) in [6, 6.07) is 0.634. The highest BCUT2D eigenvalue weighted by atomic mass is 16.2. The number of carbonyl (C=O) groups excluding carboxylic acids is 1. The molecule has 0 atom stereocenters. The number of amides is 1. The third-order valence-corrected chi connectivity index (χ3v) is 3.55. The van der Waals surface area contributed by atoms with Crippen LogP contribution in [0, 0.1) is 0 Å². The molecule has 2 saturated heterocycles. The molecule has 2 fully saturated rings. The van der Waals surface area contributed by atoms with Crippen LogP contribution in [-0.2, 0) is 4.79 Å². The Labute approximate surface area is 91.6 Å². The summed E-state index contributed by atoms with van der Waals surface area (Å²) in [5.41, 5.74) is 0. The second-order valence-electron chi connectivity index (χ2n) is 4.43. The van der Waals surface area contributed by atoms with Crippen LogP contribution < -0.4 is 5.32 Å². The van der Waals surface area contributed by atoms with Gasteiger partial charge < -0.3 is 10.2 Å². The van der Waals surface area contributed by atoms with Crippen molar-refractivity contribution in [2.24, 2.45) is 0 Å². The smallest absolute Gasteiger partial charge is 0.236 e. The van der Waals surface area contributed by atoms with E-state index in [0.717, 1.165) is 32.7 Å². The number of hydrogen-bond donors (Lipinski definition) is 1. The molecule has 4 nitrogen and oxygen atoms in total. The Bertz CT molecular complexity index is 226. The first kappa shape index (κ1) is 10.9. The third-order valence-electron chi connectivity index (χ3n) is 3.55. The van der Waals surface area contributed by atoms with Crippen LogP contribution in [0.3, 0.4) is 0 Å². The van der Waals surface area contributed by atoms with Crippen LogP contribution in [-0.4, -0.2) is 61.0 Å². The Balaban J connectivity index is 1.87. The molecule has 0 spiro atoms. The topological polar surface area (TPSA) is 35.6 Å². The number of likely N-dealkylation sites (N-methyl/N-ethyl adjacent to an activating group) is 1. The van der Waals surface area contributed by atoms with Crippen LogP contribution in [0.4, 0.5) is 0 Å². The number of piperidine rings is 1. The first-order chi connectivity index (χ1) is 7.31. The van der Waals surface area contributed by atoms with Gasteiger partial charge >= 0.3 is 0 Å². The summed E-state index contributed by atoms with van der Waals surface area (Å²) >= 11 is 0. The normalized spacial score (nSPS) is 25.9. The molecule has 0 aromatic rings. The van der Waals surface area contributed by atoms with Crippen LogP contribution in [0.1, 0.15) is 19.8 Å². The maximum atomic E-state index is 11.7. The fourth-order valence-corrected chi connectivity index (χ4v) is 2.54. The molecule has 0 bridgehead atoms. The van der Waals surface area contributed by atoms with Crippen molar-refractivity contribution in [2.75, 3.05) is 39.3 Å². The largest absolute Gasteiger partial charge is 0.341 e. The van der Waals surface area contributed by atoms with Crippen LogP contribution >= 0.6 is 0 Å².